The van der Waals surface area contributed by atoms with Crippen LogP contribution in [0.3, 0.4) is 0 Å². The SMILES string of the molecule is C/C(=C\CO)CC/C=C(\C)Cc1ccccc1. The third kappa shape index (κ3) is 6.08. The first-order valence-electron chi connectivity index (χ1n) is 6.18. The number of hydrogen-bond donors (Lipinski definition) is 1. The summed E-state index contributed by atoms with van der Waals surface area (Å²) >= 11 is 0. The Kier molecular flexibility index (Phi) is 6.34. The molecule has 0 aliphatic heterocycles. The Hall–Kier alpha value is -1.34. The molecule has 0 aromatic heterocycles. The summed E-state index contributed by atoms with van der Waals surface area (Å²) in [5.74, 6) is 0. The predicted octanol–water partition coefficient (Wildman–Crippen LogP) is 3.89. The van der Waals surface area contributed by atoms with E-state index in [4.69, 9.17) is 5.11 Å². The van der Waals surface area contributed by atoms with Crippen LogP contribution in [0.25, 0.3) is 0 Å². The Balaban J connectivity index is 2.38. The first-order valence-corrected chi connectivity index (χ1v) is 6.18. The van der Waals surface area contributed by atoms with E-state index < -0.39 is 0 Å². The van der Waals surface area contributed by atoms with Crippen LogP contribution in [-0.2, 0) is 6.42 Å². The molecular formula is C16H22O. The molecule has 1 N–H and O–H groups in total. The average Bonchev–Trinajstić information content (AvgIpc) is 2.30. The molecule has 17 heavy (non-hydrogen) atoms. The van der Waals surface area contributed by atoms with Crippen LogP contribution in [0, 0.1) is 0 Å². The molecule has 0 aliphatic rings. The fourth-order valence-electron chi connectivity index (χ4n) is 1.79. The summed E-state index contributed by atoms with van der Waals surface area (Å²) in [5, 5.41) is 8.75. The maximum absolute atomic E-state index is 8.75. The Labute approximate surface area is 104 Å². The number of hydrogen-bond acceptors (Lipinski definition) is 1. The highest BCUT2D eigenvalue weighted by Gasteiger charge is 1.94. The van der Waals surface area contributed by atoms with Crippen LogP contribution in [0.4, 0.5) is 0 Å². The van der Waals surface area contributed by atoms with Gasteiger partial charge >= 0.3 is 0 Å². The molecule has 0 spiro atoms. The maximum atomic E-state index is 8.75. The molecule has 0 fully saturated rings. The van der Waals surface area contributed by atoms with Crippen molar-refractivity contribution < 1.29 is 5.11 Å². The van der Waals surface area contributed by atoms with E-state index in [9.17, 15) is 0 Å². The van der Waals surface area contributed by atoms with Crippen molar-refractivity contribution in [2.45, 2.75) is 33.1 Å². The van der Waals surface area contributed by atoms with Gasteiger partial charge in [0.05, 0.1) is 6.61 Å². The summed E-state index contributed by atoms with van der Waals surface area (Å²) in [6, 6.07) is 10.5. The van der Waals surface area contributed by atoms with Crippen LogP contribution in [0.15, 0.2) is 53.6 Å². The van der Waals surface area contributed by atoms with Gasteiger partial charge in [-0.1, -0.05) is 53.6 Å². The summed E-state index contributed by atoms with van der Waals surface area (Å²) in [6.45, 7) is 4.40. The molecule has 0 amide bonds. The van der Waals surface area contributed by atoms with Crippen LogP contribution in [-0.4, -0.2) is 11.7 Å². The van der Waals surface area contributed by atoms with E-state index in [1.54, 1.807) is 0 Å². The molecule has 0 saturated carbocycles. The van der Waals surface area contributed by atoms with Gasteiger partial charge in [-0.2, -0.15) is 0 Å². The highest BCUT2D eigenvalue weighted by molar-refractivity contribution is 5.21. The molecule has 0 heterocycles. The van der Waals surface area contributed by atoms with E-state index in [2.05, 4.69) is 44.2 Å². The summed E-state index contributed by atoms with van der Waals surface area (Å²) in [4.78, 5) is 0. The van der Waals surface area contributed by atoms with Gasteiger partial charge in [-0.05, 0) is 38.7 Å². The Morgan fingerprint density at radius 3 is 2.41 bits per heavy atom. The lowest BCUT2D eigenvalue weighted by Crippen LogP contribution is -1.87. The molecule has 92 valence electrons. The van der Waals surface area contributed by atoms with E-state index in [-0.39, 0.29) is 6.61 Å². The molecule has 0 atom stereocenters. The van der Waals surface area contributed by atoms with Gasteiger partial charge in [0.1, 0.15) is 0 Å². The second-order valence-corrected chi connectivity index (χ2v) is 4.48. The van der Waals surface area contributed by atoms with E-state index >= 15 is 0 Å². The largest absolute Gasteiger partial charge is 0.392 e. The van der Waals surface area contributed by atoms with E-state index in [1.165, 1.54) is 16.7 Å². The maximum Gasteiger partial charge on any atom is 0.0614 e. The van der Waals surface area contributed by atoms with Crippen molar-refractivity contribution in [3.05, 3.63) is 59.2 Å². The lowest BCUT2D eigenvalue weighted by atomic mass is 10.0. The summed E-state index contributed by atoms with van der Waals surface area (Å²) in [5.41, 5.74) is 4.04. The average molecular weight is 230 g/mol. The highest BCUT2D eigenvalue weighted by Crippen LogP contribution is 2.10. The summed E-state index contributed by atoms with van der Waals surface area (Å²) < 4.78 is 0. The number of aliphatic hydroxyl groups is 1. The minimum absolute atomic E-state index is 0.151. The Bertz CT molecular complexity index is 374. The molecule has 1 rings (SSSR count). The highest BCUT2D eigenvalue weighted by atomic mass is 16.2. The number of allylic oxidation sites excluding steroid dienone is 3. The fourth-order valence-corrected chi connectivity index (χ4v) is 1.79. The van der Waals surface area contributed by atoms with Crippen molar-refractivity contribution in [2.24, 2.45) is 0 Å². The second-order valence-electron chi connectivity index (χ2n) is 4.48. The normalized spacial score (nSPS) is 12.9. The van der Waals surface area contributed by atoms with Crippen LogP contribution in [0.5, 0.6) is 0 Å². The van der Waals surface area contributed by atoms with E-state index in [1.807, 2.05) is 12.1 Å². The van der Waals surface area contributed by atoms with Gasteiger partial charge in [0, 0.05) is 0 Å². The van der Waals surface area contributed by atoms with Gasteiger partial charge in [0.25, 0.3) is 0 Å². The van der Waals surface area contributed by atoms with Crippen molar-refractivity contribution in [3.63, 3.8) is 0 Å². The third-order valence-corrected chi connectivity index (χ3v) is 2.80. The summed E-state index contributed by atoms with van der Waals surface area (Å²) in [7, 11) is 0. The topological polar surface area (TPSA) is 20.2 Å². The molecule has 0 unspecified atom stereocenters. The molecular weight excluding hydrogens is 208 g/mol. The van der Waals surface area contributed by atoms with Gasteiger partial charge < -0.3 is 5.11 Å². The lowest BCUT2D eigenvalue weighted by Gasteiger charge is -2.02. The first-order chi connectivity index (χ1) is 8.22. The quantitative estimate of drug-likeness (QED) is 0.735. The fraction of sp³-hybridized carbons (Fsp3) is 0.375. The van der Waals surface area contributed by atoms with Crippen molar-refractivity contribution in [3.8, 4) is 0 Å². The standard InChI is InChI=1S/C16H22O/c1-14(11-12-17)7-6-8-15(2)13-16-9-4-3-5-10-16/h3-5,8-11,17H,6-7,12-13H2,1-2H3/b14-11+,15-8+. The third-order valence-electron chi connectivity index (χ3n) is 2.80. The van der Waals surface area contributed by atoms with Gasteiger partial charge in [0.2, 0.25) is 0 Å². The number of aliphatic hydroxyl groups excluding tert-OH is 1. The smallest absolute Gasteiger partial charge is 0.0614 e. The molecule has 1 aromatic rings. The molecule has 1 nitrogen and oxygen atoms in total. The Morgan fingerprint density at radius 1 is 1.06 bits per heavy atom. The zero-order chi connectivity index (χ0) is 12.5. The van der Waals surface area contributed by atoms with Crippen molar-refractivity contribution in [1.29, 1.82) is 0 Å². The zero-order valence-corrected chi connectivity index (χ0v) is 10.8. The minimum Gasteiger partial charge on any atom is -0.392 e. The van der Waals surface area contributed by atoms with Crippen molar-refractivity contribution in [2.75, 3.05) is 6.61 Å². The number of benzene rings is 1. The number of rotatable bonds is 6. The van der Waals surface area contributed by atoms with Gasteiger partial charge in [0.15, 0.2) is 0 Å². The van der Waals surface area contributed by atoms with Gasteiger partial charge in [-0.15, -0.1) is 0 Å². The van der Waals surface area contributed by atoms with E-state index in [0.29, 0.717) is 0 Å². The van der Waals surface area contributed by atoms with Crippen LogP contribution in [0.1, 0.15) is 32.3 Å². The molecule has 0 radical (unpaired) electrons. The van der Waals surface area contributed by atoms with Crippen LogP contribution >= 0.6 is 0 Å². The van der Waals surface area contributed by atoms with Gasteiger partial charge in [-0.25, -0.2) is 0 Å². The van der Waals surface area contributed by atoms with Crippen LogP contribution < -0.4 is 0 Å². The molecule has 1 aromatic carbocycles. The molecule has 1 heteroatoms. The Morgan fingerprint density at radius 2 is 1.76 bits per heavy atom. The predicted molar refractivity (Wildman–Crippen MR) is 74.0 cm³/mol. The minimum atomic E-state index is 0.151. The van der Waals surface area contributed by atoms with E-state index in [0.717, 1.165) is 19.3 Å². The van der Waals surface area contributed by atoms with Crippen molar-refractivity contribution >= 4 is 0 Å². The second kappa shape index (κ2) is 7.86. The zero-order valence-electron chi connectivity index (χ0n) is 10.8. The monoisotopic (exact) mass is 230 g/mol. The molecule has 0 aliphatic carbocycles. The lowest BCUT2D eigenvalue weighted by molar-refractivity contribution is 0.341. The summed E-state index contributed by atoms with van der Waals surface area (Å²) in [6.07, 6.45) is 7.29. The molecule has 0 saturated heterocycles. The van der Waals surface area contributed by atoms with Crippen molar-refractivity contribution in [1.82, 2.24) is 0 Å². The first kappa shape index (κ1) is 13.7. The van der Waals surface area contributed by atoms with Gasteiger partial charge in [-0.3, -0.25) is 0 Å². The van der Waals surface area contributed by atoms with Crippen LogP contribution in [0.2, 0.25) is 0 Å². The molecule has 0 bridgehead atoms.